The van der Waals surface area contributed by atoms with E-state index in [1.54, 1.807) is 0 Å². The number of aromatic nitrogens is 1. The topological polar surface area (TPSA) is 82.5 Å². The number of hydrogen-bond donors (Lipinski definition) is 2. The molecule has 0 aromatic carbocycles. The van der Waals surface area contributed by atoms with Crippen LogP contribution in [0, 0.1) is 19.8 Å². The van der Waals surface area contributed by atoms with Gasteiger partial charge in [0.05, 0.1) is 17.2 Å². The molecule has 23 heavy (non-hydrogen) atoms. The molecule has 6 nitrogen and oxygen atoms in total. The lowest BCUT2D eigenvalue weighted by atomic mass is 9.85. The van der Waals surface area contributed by atoms with E-state index in [2.05, 4.69) is 15.2 Å². The largest absolute Gasteiger partial charge is 0.480 e. The summed E-state index contributed by atoms with van der Waals surface area (Å²) in [6.45, 7) is 4.74. The average molecular weight is 337 g/mol. The Morgan fingerprint density at radius 2 is 2.04 bits per heavy atom. The molecule has 1 amide bonds. The summed E-state index contributed by atoms with van der Waals surface area (Å²) in [6.07, 6.45) is 4.10. The first-order valence-electron chi connectivity index (χ1n) is 8.13. The van der Waals surface area contributed by atoms with Crippen LogP contribution in [0.5, 0.6) is 0 Å². The number of carbonyl (C=O) groups excluding carboxylic acids is 1. The second-order valence-electron chi connectivity index (χ2n) is 6.71. The van der Waals surface area contributed by atoms with Gasteiger partial charge < -0.3 is 10.4 Å². The standard InChI is InChI=1S/C16H23N3O3S/c1-9-15(23-10(2)17-9)16(22)18-12-5-13(6-12)19(8-14(20)21)7-11-3-4-11/h11-13H,3-8H2,1-2H3,(H,18,22)(H,20,21). The Hall–Kier alpha value is -1.47. The minimum absolute atomic E-state index is 0.0523. The molecule has 0 unspecified atom stereocenters. The maximum atomic E-state index is 12.3. The summed E-state index contributed by atoms with van der Waals surface area (Å²) in [6, 6.07) is 0.422. The highest BCUT2D eigenvalue weighted by Gasteiger charge is 2.38. The van der Waals surface area contributed by atoms with Gasteiger partial charge in [-0.3, -0.25) is 14.5 Å². The summed E-state index contributed by atoms with van der Waals surface area (Å²) >= 11 is 1.42. The number of nitrogens with one attached hydrogen (secondary N) is 1. The van der Waals surface area contributed by atoms with Gasteiger partial charge in [-0.25, -0.2) is 4.98 Å². The number of aliphatic carboxylic acids is 1. The van der Waals surface area contributed by atoms with Crippen LogP contribution in [0.2, 0.25) is 0 Å². The third-order valence-electron chi connectivity index (χ3n) is 4.60. The van der Waals surface area contributed by atoms with Crippen molar-refractivity contribution in [1.29, 1.82) is 0 Å². The van der Waals surface area contributed by atoms with E-state index >= 15 is 0 Å². The summed E-state index contributed by atoms with van der Waals surface area (Å²) in [7, 11) is 0. The number of aryl methyl sites for hydroxylation is 2. The number of rotatable bonds is 7. The molecule has 1 aromatic heterocycles. The predicted molar refractivity (Wildman–Crippen MR) is 87.8 cm³/mol. The van der Waals surface area contributed by atoms with Crippen LogP contribution in [0.3, 0.4) is 0 Å². The van der Waals surface area contributed by atoms with E-state index in [9.17, 15) is 9.59 Å². The summed E-state index contributed by atoms with van der Waals surface area (Å²) in [5.41, 5.74) is 0.780. The number of amides is 1. The predicted octanol–water partition coefficient (Wildman–Crippen LogP) is 1.82. The molecule has 0 saturated heterocycles. The molecule has 126 valence electrons. The monoisotopic (exact) mass is 337 g/mol. The van der Waals surface area contributed by atoms with E-state index in [0.29, 0.717) is 10.8 Å². The minimum Gasteiger partial charge on any atom is -0.480 e. The Morgan fingerprint density at radius 3 is 2.57 bits per heavy atom. The third kappa shape index (κ3) is 4.09. The molecule has 1 aromatic rings. The molecule has 2 N–H and O–H groups in total. The van der Waals surface area contributed by atoms with E-state index in [4.69, 9.17) is 5.11 Å². The number of hydrogen-bond acceptors (Lipinski definition) is 5. The van der Waals surface area contributed by atoms with Gasteiger partial charge in [-0.2, -0.15) is 0 Å². The molecule has 0 atom stereocenters. The molecule has 7 heteroatoms. The van der Waals surface area contributed by atoms with Crippen LogP contribution < -0.4 is 5.32 Å². The number of thiazole rings is 1. The van der Waals surface area contributed by atoms with Gasteiger partial charge in [-0.05, 0) is 45.4 Å². The number of nitrogens with zero attached hydrogens (tertiary/aromatic N) is 2. The zero-order valence-electron chi connectivity index (χ0n) is 13.5. The lowest BCUT2D eigenvalue weighted by Gasteiger charge is -2.42. The Balaban J connectivity index is 1.50. The fraction of sp³-hybridized carbons (Fsp3) is 0.688. The van der Waals surface area contributed by atoms with Crippen LogP contribution in [0.25, 0.3) is 0 Å². The van der Waals surface area contributed by atoms with Crippen molar-refractivity contribution in [2.45, 2.75) is 51.6 Å². The van der Waals surface area contributed by atoms with Crippen LogP contribution >= 0.6 is 11.3 Å². The Bertz CT molecular complexity index is 606. The maximum Gasteiger partial charge on any atom is 0.317 e. The molecule has 0 aliphatic heterocycles. The summed E-state index contributed by atoms with van der Waals surface area (Å²) in [5.74, 6) is -0.150. The first-order valence-corrected chi connectivity index (χ1v) is 8.94. The number of carbonyl (C=O) groups is 2. The van der Waals surface area contributed by atoms with Crippen molar-refractivity contribution in [2.75, 3.05) is 13.1 Å². The normalized spacial score (nSPS) is 23.6. The summed E-state index contributed by atoms with van der Waals surface area (Å²) < 4.78 is 0. The van der Waals surface area contributed by atoms with Gasteiger partial charge in [0.15, 0.2) is 0 Å². The second kappa shape index (κ2) is 6.57. The smallest absolute Gasteiger partial charge is 0.317 e. The molecule has 2 aliphatic carbocycles. The summed E-state index contributed by atoms with van der Waals surface area (Å²) in [5, 5.41) is 13.0. The number of carboxylic acids is 1. The first kappa shape index (κ1) is 16.4. The minimum atomic E-state index is -0.770. The van der Waals surface area contributed by atoms with Crippen molar-refractivity contribution in [3.8, 4) is 0 Å². The lowest BCUT2D eigenvalue weighted by Crippen LogP contribution is -2.55. The van der Waals surface area contributed by atoms with Gasteiger partial charge in [0.2, 0.25) is 0 Å². The fourth-order valence-corrected chi connectivity index (χ4v) is 3.97. The van der Waals surface area contributed by atoms with Crippen molar-refractivity contribution in [3.63, 3.8) is 0 Å². The lowest BCUT2D eigenvalue weighted by molar-refractivity contribution is -0.139. The van der Waals surface area contributed by atoms with Gasteiger partial charge >= 0.3 is 5.97 Å². The van der Waals surface area contributed by atoms with Crippen LogP contribution in [0.4, 0.5) is 0 Å². The zero-order valence-corrected chi connectivity index (χ0v) is 14.4. The second-order valence-corrected chi connectivity index (χ2v) is 7.91. The van der Waals surface area contributed by atoms with Crippen LogP contribution in [-0.2, 0) is 4.79 Å². The average Bonchev–Trinajstić information content (AvgIpc) is 3.15. The zero-order chi connectivity index (χ0) is 16.6. The van der Waals surface area contributed by atoms with Gasteiger partial charge in [0, 0.05) is 18.6 Å². The highest BCUT2D eigenvalue weighted by molar-refractivity contribution is 7.13. The fourth-order valence-electron chi connectivity index (χ4n) is 3.15. The van der Waals surface area contributed by atoms with Crippen LogP contribution in [0.15, 0.2) is 0 Å². The van der Waals surface area contributed by atoms with Gasteiger partial charge in [-0.15, -0.1) is 11.3 Å². The molecule has 2 saturated carbocycles. The molecular formula is C16H23N3O3S. The third-order valence-corrected chi connectivity index (χ3v) is 5.67. The SMILES string of the molecule is Cc1nc(C)c(C(=O)NC2CC(N(CC(=O)O)CC3CC3)C2)s1. The molecule has 2 aliphatic rings. The molecular weight excluding hydrogens is 314 g/mol. The highest BCUT2D eigenvalue weighted by atomic mass is 32.1. The van der Waals surface area contributed by atoms with E-state index in [-0.39, 0.29) is 24.5 Å². The van der Waals surface area contributed by atoms with Gasteiger partial charge in [0.1, 0.15) is 4.88 Å². The molecule has 1 heterocycles. The Labute approximate surface area is 139 Å². The van der Waals surface area contributed by atoms with Crippen molar-refractivity contribution >= 4 is 23.2 Å². The molecule has 3 rings (SSSR count). The Kier molecular flexibility index (Phi) is 4.68. The van der Waals surface area contributed by atoms with Gasteiger partial charge in [0.25, 0.3) is 5.91 Å². The maximum absolute atomic E-state index is 12.3. The van der Waals surface area contributed by atoms with E-state index < -0.39 is 5.97 Å². The quantitative estimate of drug-likeness (QED) is 0.793. The highest BCUT2D eigenvalue weighted by Crippen LogP contribution is 2.34. The number of carboxylic acid groups (broad SMARTS) is 1. The Morgan fingerprint density at radius 1 is 1.35 bits per heavy atom. The van der Waals surface area contributed by atoms with Crippen molar-refractivity contribution in [2.24, 2.45) is 5.92 Å². The molecule has 0 spiro atoms. The van der Waals surface area contributed by atoms with Crippen molar-refractivity contribution in [1.82, 2.24) is 15.2 Å². The van der Waals surface area contributed by atoms with E-state index in [1.807, 2.05) is 13.8 Å². The molecule has 2 fully saturated rings. The van der Waals surface area contributed by atoms with Crippen LogP contribution in [-0.4, -0.2) is 52.0 Å². The van der Waals surface area contributed by atoms with E-state index in [1.165, 1.54) is 24.2 Å². The molecule has 0 radical (unpaired) electrons. The van der Waals surface area contributed by atoms with Crippen molar-refractivity contribution in [3.05, 3.63) is 15.6 Å². The summed E-state index contributed by atoms with van der Waals surface area (Å²) in [4.78, 5) is 30.3. The first-order chi connectivity index (χ1) is 10.9. The van der Waals surface area contributed by atoms with Crippen LogP contribution in [0.1, 0.15) is 46.1 Å². The van der Waals surface area contributed by atoms with E-state index in [0.717, 1.165) is 30.1 Å². The molecule has 0 bridgehead atoms. The van der Waals surface area contributed by atoms with Crippen molar-refractivity contribution < 1.29 is 14.7 Å². The van der Waals surface area contributed by atoms with Gasteiger partial charge in [-0.1, -0.05) is 0 Å².